The maximum Gasteiger partial charge on any atom is 0.433 e. The Morgan fingerprint density at radius 2 is 2.50 bits per heavy atom. The Labute approximate surface area is 47.5 Å². The van der Waals surface area contributed by atoms with Gasteiger partial charge >= 0.3 is 6.09 Å². The minimum Gasteiger partial charge on any atom is -0.323 e. The lowest BCUT2D eigenvalue weighted by molar-refractivity contribution is 0.153. The van der Waals surface area contributed by atoms with Gasteiger partial charge in [-0.3, -0.25) is 4.84 Å². The summed E-state index contributed by atoms with van der Waals surface area (Å²) in [6.07, 6.45) is 0.831. The van der Waals surface area contributed by atoms with Gasteiger partial charge in [0, 0.05) is 13.3 Å². The smallest absolute Gasteiger partial charge is 0.323 e. The Morgan fingerprint density at radius 3 is 2.88 bits per heavy atom. The van der Waals surface area contributed by atoms with Gasteiger partial charge in [0.25, 0.3) is 0 Å². The van der Waals surface area contributed by atoms with Gasteiger partial charge in [-0.25, -0.2) is 4.79 Å². The maximum absolute atomic E-state index is 10.1. The summed E-state index contributed by atoms with van der Waals surface area (Å²) in [4.78, 5) is 14.3. The Morgan fingerprint density at radius 1 is 1.88 bits per heavy atom. The van der Waals surface area contributed by atoms with E-state index >= 15 is 0 Å². The summed E-state index contributed by atoms with van der Waals surface area (Å²) < 4.78 is 0. The fraction of sp³-hybridized carbons (Fsp3) is 0.500. The minimum absolute atomic E-state index is 0.553. The van der Waals surface area contributed by atoms with Crippen LogP contribution in [-0.4, -0.2) is 19.4 Å². The monoisotopic (exact) mass is 116 g/mol. The first-order valence-corrected chi connectivity index (χ1v) is 2.18. The standard InChI is InChI=1S/C4H8N2O2/c1-3-6-8-4(7)5-2/h3H,1-2H3,(H,5,7)/b6-3-. The van der Waals surface area contributed by atoms with Crippen molar-refractivity contribution in [1.29, 1.82) is 0 Å². The molecule has 0 heterocycles. The second kappa shape index (κ2) is 4.11. The zero-order valence-electron chi connectivity index (χ0n) is 4.84. The zero-order valence-corrected chi connectivity index (χ0v) is 4.84. The van der Waals surface area contributed by atoms with Crippen molar-refractivity contribution in [2.75, 3.05) is 7.05 Å². The second-order valence-electron chi connectivity index (χ2n) is 0.992. The molecule has 0 aliphatic heterocycles. The van der Waals surface area contributed by atoms with Gasteiger partial charge in [-0.2, -0.15) is 0 Å². The highest BCUT2D eigenvalue weighted by atomic mass is 16.7. The van der Waals surface area contributed by atoms with Crippen molar-refractivity contribution >= 4 is 12.3 Å². The molecule has 0 aliphatic rings. The molecule has 1 amide bonds. The van der Waals surface area contributed by atoms with Gasteiger partial charge in [-0.1, -0.05) is 5.16 Å². The number of hydrogen-bond acceptors (Lipinski definition) is 3. The Bertz CT molecular complexity index is 100. The molecule has 4 heteroatoms. The summed E-state index contributed by atoms with van der Waals surface area (Å²) in [6, 6.07) is 0. The van der Waals surface area contributed by atoms with Gasteiger partial charge in [0.05, 0.1) is 0 Å². The van der Waals surface area contributed by atoms with Crippen LogP contribution in [0.5, 0.6) is 0 Å². The molecule has 0 rings (SSSR count). The van der Waals surface area contributed by atoms with Crippen LogP contribution in [0.3, 0.4) is 0 Å². The van der Waals surface area contributed by atoms with E-state index < -0.39 is 6.09 Å². The molecule has 0 radical (unpaired) electrons. The predicted octanol–water partition coefficient (Wildman–Crippen LogP) is 0.348. The second-order valence-corrected chi connectivity index (χ2v) is 0.992. The van der Waals surface area contributed by atoms with Crippen molar-refractivity contribution in [1.82, 2.24) is 5.32 Å². The van der Waals surface area contributed by atoms with Crippen molar-refractivity contribution in [3.8, 4) is 0 Å². The van der Waals surface area contributed by atoms with Gasteiger partial charge in [-0.05, 0) is 6.92 Å². The van der Waals surface area contributed by atoms with Crippen molar-refractivity contribution in [2.45, 2.75) is 6.92 Å². The number of nitrogens with one attached hydrogen (secondary N) is 1. The first-order chi connectivity index (χ1) is 3.81. The van der Waals surface area contributed by atoms with Crippen molar-refractivity contribution in [3.05, 3.63) is 0 Å². The topological polar surface area (TPSA) is 50.7 Å². The van der Waals surface area contributed by atoms with Crippen LogP contribution in [0.15, 0.2) is 5.16 Å². The lowest BCUT2D eigenvalue weighted by Gasteiger charge is -1.90. The van der Waals surface area contributed by atoms with Crippen molar-refractivity contribution in [2.24, 2.45) is 5.16 Å². The average Bonchev–Trinajstić information content (AvgIpc) is 1.83. The quantitative estimate of drug-likeness (QED) is 0.305. The molecule has 0 atom stereocenters. The molecular weight excluding hydrogens is 108 g/mol. The molecule has 0 aromatic rings. The molecule has 0 unspecified atom stereocenters. The highest BCUT2D eigenvalue weighted by molar-refractivity contribution is 5.67. The molecule has 0 bridgehead atoms. The summed E-state index contributed by atoms with van der Waals surface area (Å²) in [5.41, 5.74) is 0. The molecule has 1 N–H and O–H groups in total. The minimum atomic E-state index is -0.553. The predicted molar refractivity (Wildman–Crippen MR) is 29.7 cm³/mol. The van der Waals surface area contributed by atoms with Gasteiger partial charge in [0.2, 0.25) is 0 Å². The van der Waals surface area contributed by atoms with Crippen LogP contribution in [0.25, 0.3) is 0 Å². The van der Waals surface area contributed by atoms with E-state index in [0.717, 1.165) is 0 Å². The normalized spacial score (nSPS) is 9.25. The van der Waals surface area contributed by atoms with Crippen molar-refractivity contribution in [3.63, 3.8) is 0 Å². The molecule has 46 valence electrons. The van der Waals surface area contributed by atoms with Crippen LogP contribution in [-0.2, 0) is 4.84 Å². The number of rotatable bonds is 1. The van der Waals surface area contributed by atoms with E-state index in [-0.39, 0.29) is 0 Å². The van der Waals surface area contributed by atoms with Gasteiger partial charge in [0.15, 0.2) is 0 Å². The fourth-order valence-electron chi connectivity index (χ4n) is 0.146. The van der Waals surface area contributed by atoms with Crippen LogP contribution >= 0.6 is 0 Å². The Kier molecular flexibility index (Phi) is 3.56. The van der Waals surface area contributed by atoms with E-state index in [2.05, 4.69) is 15.3 Å². The van der Waals surface area contributed by atoms with E-state index in [1.54, 1.807) is 6.92 Å². The number of oxime groups is 1. The molecule has 0 saturated heterocycles. The van der Waals surface area contributed by atoms with Crippen molar-refractivity contribution < 1.29 is 9.63 Å². The SMILES string of the molecule is C/C=N\OC(=O)NC. The number of hydrogen-bond donors (Lipinski definition) is 1. The Balaban J connectivity index is 3.25. The largest absolute Gasteiger partial charge is 0.433 e. The number of carbonyl (C=O) groups excluding carboxylic acids is 1. The lowest BCUT2D eigenvalue weighted by Crippen LogP contribution is -2.16. The van der Waals surface area contributed by atoms with E-state index in [9.17, 15) is 4.79 Å². The van der Waals surface area contributed by atoms with Crippen LogP contribution in [0.1, 0.15) is 6.92 Å². The van der Waals surface area contributed by atoms with Gasteiger partial charge in [-0.15, -0.1) is 0 Å². The summed E-state index contributed by atoms with van der Waals surface area (Å²) in [6.45, 7) is 1.66. The number of nitrogens with zero attached hydrogens (tertiary/aromatic N) is 1. The zero-order chi connectivity index (χ0) is 6.41. The lowest BCUT2D eigenvalue weighted by atomic mass is 10.9. The van der Waals surface area contributed by atoms with Crippen LogP contribution < -0.4 is 5.32 Å². The van der Waals surface area contributed by atoms with E-state index in [0.29, 0.717) is 0 Å². The summed E-state index contributed by atoms with van der Waals surface area (Å²) in [5.74, 6) is 0. The average molecular weight is 116 g/mol. The highest BCUT2D eigenvalue weighted by Gasteiger charge is 1.90. The van der Waals surface area contributed by atoms with Crippen LogP contribution in [0, 0.1) is 0 Å². The molecule has 0 aromatic heterocycles. The number of amides is 1. The third kappa shape index (κ3) is 3.14. The maximum atomic E-state index is 10.1. The highest BCUT2D eigenvalue weighted by Crippen LogP contribution is 1.72. The molecule has 0 fully saturated rings. The summed E-state index contributed by atoms with van der Waals surface area (Å²) in [7, 11) is 1.47. The van der Waals surface area contributed by atoms with Gasteiger partial charge in [0.1, 0.15) is 0 Å². The van der Waals surface area contributed by atoms with Gasteiger partial charge < -0.3 is 5.32 Å². The summed E-state index contributed by atoms with van der Waals surface area (Å²) in [5, 5.41) is 5.43. The molecule has 0 spiro atoms. The molecule has 0 aliphatic carbocycles. The molecule has 4 nitrogen and oxygen atoms in total. The Hall–Kier alpha value is -1.06. The van der Waals surface area contributed by atoms with E-state index in [1.165, 1.54) is 13.3 Å². The molecule has 0 aromatic carbocycles. The first-order valence-electron chi connectivity index (χ1n) is 2.18. The fourth-order valence-corrected chi connectivity index (χ4v) is 0.146. The number of carbonyl (C=O) groups is 1. The third-order valence-corrected chi connectivity index (χ3v) is 0.445. The molecular formula is C4H8N2O2. The van der Waals surface area contributed by atoms with Crippen LogP contribution in [0.2, 0.25) is 0 Å². The van der Waals surface area contributed by atoms with E-state index in [4.69, 9.17) is 0 Å². The molecule has 0 saturated carbocycles. The third-order valence-electron chi connectivity index (χ3n) is 0.445. The van der Waals surface area contributed by atoms with Crippen LogP contribution in [0.4, 0.5) is 4.79 Å². The molecule has 8 heavy (non-hydrogen) atoms. The first kappa shape index (κ1) is 6.94. The summed E-state index contributed by atoms with van der Waals surface area (Å²) >= 11 is 0. The van der Waals surface area contributed by atoms with E-state index in [1.807, 2.05) is 0 Å².